The first-order valence-corrected chi connectivity index (χ1v) is 4.90. The summed E-state index contributed by atoms with van der Waals surface area (Å²) in [6, 6.07) is 1.71. The number of rotatable bonds is 1. The maximum absolute atomic E-state index is 5.87. The summed E-state index contributed by atoms with van der Waals surface area (Å²) in [5.41, 5.74) is 2.42. The van der Waals surface area contributed by atoms with Crippen molar-refractivity contribution < 1.29 is 4.52 Å². The Hall–Kier alpha value is -1.42. The van der Waals surface area contributed by atoms with Gasteiger partial charge in [-0.3, -0.25) is 0 Å². The summed E-state index contributed by atoms with van der Waals surface area (Å²) in [7, 11) is 0. The van der Waals surface area contributed by atoms with Gasteiger partial charge in [-0.1, -0.05) is 16.8 Å². The molecule has 0 unspecified atom stereocenters. The third-order valence-electron chi connectivity index (χ3n) is 2.08. The van der Waals surface area contributed by atoms with Crippen LogP contribution in [0, 0.1) is 20.8 Å². The summed E-state index contributed by atoms with van der Waals surface area (Å²) in [6.07, 6.45) is 0. The van der Waals surface area contributed by atoms with Crippen molar-refractivity contribution in [3.05, 3.63) is 28.4 Å². The minimum Gasteiger partial charge on any atom is -0.361 e. The van der Waals surface area contributed by atoms with Crippen LogP contribution in [0.15, 0.2) is 10.6 Å². The standard InChI is InChI=1S/C10H10ClN3O/c1-5-4-8(11)13-10(12-5)9-6(2)14-15-7(9)3/h4H,1-3H3. The molecule has 0 saturated heterocycles. The van der Waals surface area contributed by atoms with E-state index in [2.05, 4.69) is 15.1 Å². The van der Waals surface area contributed by atoms with E-state index in [0.29, 0.717) is 16.7 Å². The Morgan fingerprint density at radius 1 is 1.20 bits per heavy atom. The van der Waals surface area contributed by atoms with E-state index in [4.69, 9.17) is 16.1 Å². The van der Waals surface area contributed by atoms with Gasteiger partial charge in [-0.05, 0) is 26.8 Å². The van der Waals surface area contributed by atoms with Crippen LogP contribution in [-0.2, 0) is 0 Å². The average Bonchev–Trinajstić information content (AvgIpc) is 2.44. The van der Waals surface area contributed by atoms with Crippen molar-refractivity contribution >= 4 is 11.6 Å². The van der Waals surface area contributed by atoms with E-state index in [-0.39, 0.29) is 0 Å². The summed E-state index contributed by atoms with van der Waals surface area (Å²) < 4.78 is 5.06. The number of aryl methyl sites for hydroxylation is 3. The minimum atomic E-state index is 0.428. The number of hydrogen-bond donors (Lipinski definition) is 0. The predicted octanol–water partition coefficient (Wildman–Crippen LogP) is 2.71. The van der Waals surface area contributed by atoms with Crippen molar-refractivity contribution in [3.63, 3.8) is 0 Å². The summed E-state index contributed by atoms with van der Waals surface area (Å²) in [5.74, 6) is 1.27. The van der Waals surface area contributed by atoms with Gasteiger partial charge in [0.25, 0.3) is 0 Å². The molecule has 2 aromatic rings. The Morgan fingerprint density at radius 2 is 1.93 bits per heavy atom. The molecule has 78 valence electrons. The Kier molecular flexibility index (Phi) is 2.44. The zero-order valence-electron chi connectivity index (χ0n) is 8.71. The lowest BCUT2D eigenvalue weighted by Gasteiger charge is -2.00. The summed E-state index contributed by atoms with van der Waals surface area (Å²) in [6.45, 7) is 5.55. The second kappa shape index (κ2) is 3.62. The second-order valence-electron chi connectivity index (χ2n) is 3.35. The molecule has 0 saturated carbocycles. The summed E-state index contributed by atoms with van der Waals surface area (Å²) >= 11 is 5.87. The van der Waals surface area contributed by atoms with E-state index in [1.807, 2.05) is 20.8 Å². The van der Waals surface area contributed by atoms with E-state index < -0.39 is 0 Å². The zero-order chi connectivity index (χ0) is 11.0. The van der Waals surface area contributed by atoms with Crippen molar-refractivity contribution in [2.24, 2.45) is 0 Å². The van der Waals surface area contributed by atoms with E-state index in [9.17, 15) is 0 Å². The van der Waals surface area contributed by atoms with Gasteiger partial charge in [-0.2, -0.15) is 0 Å². The van der Waals surface area contributed by atoms with Gasteiger partial charge in [-0.15, -0.1) is 0 Å². The molecule has 2 rings (SSSR count). The highest BCUT2D eigenvalue weighted by molar-refractivity contribution is 6.29. The van der Waals surface area contributed by atoms with Crippen LogP contribution >= 0.6 is 11.6 Å². The Balaban J connectivity index is 2.63. The topological polar surface area (TPSA) is 51.8 Å². The molecule has 2 heterocycles. The average molecular weight is 224 g/mol. The quantitative estimate of drug-likeness (QED) is 0.698. The molecular formula is C10H10ClN3O. The normalized spacial score (nSPS) is 10.7. The van der Waals surface area contributed by atoms with Crippen molar-refractivity contribution in [3.8, 4) is 11.4 Å². The lowest BCUT2D eigenvalue weighted by molar-refractivity contribution is 0.393. The van der Waals surface area contributed by atoms with Crippen molar-refractivity contribution in [1.29, 1.82) is 0 Å². The number of halogens is 1. The molecule has 2 aromatic heterocycles. The van der Waals surface area contributed by atoms with E-state index in [0.717, 1.165) is 17.0 Å². The molecule has 0 aliphatic carbocycles. The second-order valence-corrected chi connectivity index (χ2v) is 3.74. The van der Waals surface area contributed by atoms with Crippen LogP contribution in [0.25, 0.3) is 11.4 Å². The third-order valence-corrected chi connectivity index (χ3v) is 2.27. The minimum absolute atomic E-state index is 0.428. The molecule has 0 spiro atoms. The molecular weight excluding hydrogens is 214 g/mol. The molecule has 0 aliphatic heterocycles. The molecule has 4 nitrogen and oxygen atoms in total. The molecule has 5 heteroatoms. The van der Waals surface area contributed by atoms with E-state index in [1.54, 1.807) is 6.07 Å². The maximum Gasteiger partial charge on any atom is 0.166 e. The SMILES string of the molecule is Cc1cc(Cl)nc(-c2c(C)noc2C)n1. The lowest BCUT2D eigenvalue weighted by Crippen LogP contribution is -1.93. The zero-order valence-corrected chi connectivity index (χ0v) is 9.46. The number of aromatic nitrogens is 3. The van der Waals surface area contributed by atoms with Crippen LogP contribution in [0.4, 0.5) is 0 Å². The van der Waals surface area contributed by atoms with Gasteiger partial charge in [0.15, 0.2) is 5.82 Å². The molecule has 0 N–H and O–H groups in total. The van der Waals surface area contributed by atoms with Gasteiger partial charge in [0, 0.05) is 5.69 Å². The summed E-state index contributed by atoms with van der Waals surface area (Å²) in [4.78, 5) is 8.46. The van der Waals surface area contributed by atoms with Crippen LogP contribution in [0.2, 0.25) is 5.15 Å². The fraction of sp³-hybridized carbons (Fsp3) is 0.300. The van der Waals surface area contributed by atoms with Crippen LogP contribution in [0.1, 0.15) is 17.1 Å². The van der Waals surface area contributed by atoms with E-state index in [1.165, 1.54) is 0 Å². The first kappa shape index (κ1) is 10.1. The number of hydrogen-bond acceptors (Lipinski definition) is 4. The molecule has 15 heavy (non-hydrogen) atoms. The van der Waals surface area contributed by atoms with Gasteiger partial charge in [0.1, 0.15) is 10.9 Å². The Morgan fingerprint density at radius 3 is 2.47 bits per heavy atom. The highest BCUT2D eigenvalue weighted by Gasteiger charge is 2.14. The molecule has 0 amide bonds. The fourth-order valence-electron chi connectivity index (χ4n) is 1.44. The van der Waals surface area contributed by atoms with Crippen LogP contribution in [-0.4, -0.2) is 15.1 Å². The molecule has 0 aliphatic rings. The van der Waals surface area contributed by atoms with E-state index >= 15 is 0 Å². The van der Waals surface area contributed by atoms with Gasteiger partial charge in [0.2, 0.25) is 0 Å². The largest absolute Gasteiger partial charge is 0.361 e. The fourth-order valence-corrected chi connectivity index (χ4v) is 1.68. The van der Waals surface area contributed by atoms with Gasteiger partial charge in [-0.25, -0.2) is 9.97 Å². The molecule has 0 atom stereocenters. The van der Waals surface area contributed by atoms with Gasteiger partial charge >= 0.3 is 0 Å². The van der Waals surface area contributed by atoms with Crippen molar-refractivity contribution in [2.45, 2.75) is 20.8 Å². The maximum atomic E-state index is 5.87. The van der Waals surface area contributed by atoms with Gasteiger partial charge in [0.05, 0.1) is 11.3 Å². The highest BCUT2D eigenvalue weighted by atomic mass is 35.5. The smallest absolute Gasteiger partial charge is 0.166 e. The third kappa shape index (κ3) is 1.85. The Labute approximate surface area is 92.3 Å². The molecule has 0 bridgehead atoms. The van der Waals surface area contributed by atoms with Gasteiger partial charge < -0.3 is 4.52 Å². The highest BCUT2D eigenvalue weighted by Crippen LogP contribution is 2.24. The monoisotopic (exact) mass is 223 g/mol. The van der Waals surface area contributed by atoms with Crippen molar-refractivity contribution in [1.82, 2.24) is 15.1 Å². The van der Waals surface area contributed by atoms with Crippen LogP contribution in [0.5, 0.6) is 0 Å². The Bertz CT molecular complexity index is 468. The lowest BCUT2D eigenvalue weighted by atomic mass is 10.2. The van der Waals surface area contributed by atoms with Crippen LogP contribution in [0.3, 0.4) is 0 Å². The molecule has 0 aromatic carbocycles. The molecule has 0 radical (unpaired) electrons. The first-order valence-electron chi connectivity index (χ1n) is 4.52. The predicted molar refractivity (Wildman–Crippen MR) is 56.8 cm³/mol. The number of nitrogens with zero attached hydrogens (tertiary/aromatic N) is 3. The van der Waals surface area contributed by atoms with Crippen molar-refractivity contribution in [2.75, 3.05) is 0 Å². The first-order chi connectivity index (χ1) is 7.08. The summed E-state index contributed by atoms with van der Waals surface area (Å²) in [5, 5.41) is 4.28. The molecule has 0 fully saturated rings. The van der Waals surface area contributed by atoms with Crippen LogP contribution < -0.4 is 0 Å².